The van der Waals surface area contributed by atoms with E-state index in [4.69, 9.17) is 15.2 Å². The van der Waals surface area contributed by atoms with E-state index < -0.39 is 0 Å². The Labute approximate surface area is 160 Å². The third-order valence-electron chi connectivity index (χ3n) is 3.52. The van der Waals surface area contributed by atoms with Gasteiger partial charge in [0.25, 0.3) is 0 Å². The molecule has 2 aromatic heterocycles. The quantitative estimate of drug-likeness (QED) is 0.396. The predicted octanol–water partition coefficient (Wildman–Crippen LogP) is 2.46. The monoisotopic (exact) mass is 388 g/mol. The molecule has 4 N–H and O–H groups in total. The van der Waals surface area contributed by atoms with E-state index in [2.05, 4.69) is 25.3 Å². The summed E-state index contributed by atoms with van der Waals surface area (Å²) in [5.74, 6) is 1.29. The highest BCUT2D eigenvalue weighted by Crippen LogP contribution is 2.30. The number of hydrogen-bond acceptors (Lipinski definition) is 8. The van der Waals surface area contributed by atoms with E-state index in [0.717, 1.165) is 6.42 Å². The van der Waals surface area contributed by atoms with Crippen molar-refractivity contribution < 1.29 is 14.3 Å². The number of H-pyrrole nitrogens is 1. The maximum Gasteiger partial charge on any atom is 0.234 e. The van der Waals surface area contributed by atoms with Crippen molar-refractivity contribution in [1.82, 2.24) is 19.9 Å². The Morgan fingerprint density at radius 1 is 1.33 bits per heavy atom. The van der Waals surface area contributed by atoms with Crippen molar-refractivity contribution in [1.29, 1.82) is 0 Å². The van der Waals surface area contributed by atoms with Gasteiger partial charge in [0, 0.05) is 11.8 Å². The van der Waals surface area contributed by atoms with Crippen LogP contribution in [0.1, 0.15) is 13.3 Å². The van der Waals surface area contributed by atoms with Gasteiger partial charge < -0.3 is 25.5 Å². The molecule has 0 fully saturated rings. The number of nitrogens with zero attached hydrogens (tertiary/aromatic N) is 3. The summed E-state index contributed by atoms with van der Waals surface area (Å²) in [6.07, 6.45) is 2.41. The van der Waals surface area contributed by atoms with Crippen LogP contribution in [0.15, 0.2) is 29.6 Å². The molecular weight excluding hydrogens is 368 g/mol. The highest BCUT2D eigenvalue weighted by atomic mass is 32.2. The average molecular weight is 388 g/mol. The number of benzene rings is 1. The molecule has 2 heterocycles. The standard InChI is InChI=1S/C17H20N6O3S/c1-3-6-26-11-5-4-10(7-12(11)25-2)21-13(24)8-27-16-14-15(20-9-19-14)22-17(18)23-16/h4-5,7,9H,3,6,8H2,1-2H3,(H,21,24)(H3,18,19,20,22,23). The first-order chi connectivity index (χ1) is 13.1. The van der Waals surface area contributed by atoms with E-state index in [1.807, 2.05) is 6.92 Å². The highest BCUT2D eigenvalue weighted by Gasteiger charge is 2.12. The van der Waals surface area contributed by atoms with Crippen molar-refractivity contribution in [3.05, 3.63) is 24.5 Å². The topological polar surface area (TPSA) is 128 Å². The van der Waals surface area contributed by atoms with Crippen LogP contribution < -0.4 is 20.5 Å². The van der Waals surface area contributed by atoms with Crippen LogP contribution in [0.4, 0.5) is 11.6 Å². The van der Waals surface area contributed by atoms with Crippen LogP contribution >= 0.6 is 11.8 Å². The van der Waals surface area contributed by atoms with Crippen LogP contribution in [-0.2, 0) is 4.79 Å². The molecule has 0 atom stereocenters. The number of thioether (sulfide) groups is 1. The van der Waals surface area contributed by atoms with Gasteiger partial charge >= 0.3 is 0 Å². The van der Waals surface area contributed by atoms with E-state index in [9.17, 15) is 4.79 Å². The van der Waals surface area contributed by atoms with Crippen LogP contribution in [0.25, 0.3) is 11.2 Å². The lowest BCUT2D eigenvalue weighted by atomic mass is 10.2. The van der Waals surface area contributed by atoms with Crippen molar-refractivity contribution in [3.63, 3.8) is 0 Å². The van der Waals surface area contributed by atoms with E-state index in [1.165, 1.54) is 18.1 Å². The first-order valence-electron chi connectivity index (χ1n) is 8.30. The molecule has 1 aromatic carbocycles. The van der Waals surface area contributed by atoms with Crippen LogP contribution in [-0.4, -0.2) is 45.3 Å². The van der Waals surface area contributed by atoms with Gasteiger partial charge in [-0.15, -0.1) is 0 Å². The first kappa shape index (κ1) is 18.8. The number of ether oxygens (including phenoxy) is 2. The molecule has 0 bridgehead atoms. The Kier molecular flexibility index (Phi) is 5.97. The second-order valence-corrected chi connectivity index (χ2v) is 6.50. The number of nitrogens with two attached hydrogens (primary N) is 1. The number of amides is 1. The van der Waals surface area contributed by atoms with Gasteiger partial charge in [-0.2, -0.15) is 4.98 Å². The molecule has 142 valence electrons. The maximum absolute atomic E-state index is 12.3. The minimum Gasteiger partial charge on any atom is -0.493 e. The zero-order valence-electron chi connectivity index (χ0n) is 15.0. The van der Waals surface area contributed by atoms with Crippen LogP contribution in [0, 0.1) is 0 Å². The third-order valence-corrected chi connectivity index (χ3v) is 4.49. The lowest BCUT2D eigenvalue weighted by molar-refractivity contribution is -0.113. The van der Waals surface area contributed by atoms with Gasteiger partial charge in [-0.25, -0.2) is 9.97 Å². The molecule has 3 rings (SSSR count). The maximum atomic E-state index is 12.3. The summed E-state index contributed by atoms with van der Waals surface area (Å²) in [5.41, 5.74) is 7.42. The molecule has 0 aliphatic carbocycles. The van der Waals surface area contributed by atoms with Crippen LogP contribution in [0.3, 0.4) is 0 Å². The second-order valence-electron chi connectivity index (χ2n) is 5.54. The fourth-order valence-electron chi connectivity index (χ4n) is 2.33. The molecule has 3 aromatic rings. The van der Waals surface area contributed by atoms with Crippen LogP contribution in [0.5, 0.6) is 11.5 Å². The van der Waals surface area contributed by atoms with Crippen molar-refractivity contribution in [2.45, 2.75) is 18.4 Å². The molecule has 10 heteroatoms. The average Bonchev–Trinajstić information content (AvgIpc) is 3.13. The Morgan fingerprint density at radius 3 is 2.96 bits per heavy atom. The van der Waals surface area contributed by atoms with E-state index in [0.29, 0.717) is 40.0 Å². The van der Waals surface area contributed by atoms with Gasteiger partial charge in [-0.3, -0.25) is 4.79 Å². The third kappa shape index (κ3) is 4.59. The van der Waals surface area contributed by atoms with Crippen molar-refractivity contribution >= 4 is 40.5 Å². The number of anilines is 2. The summed E-state index contributed by atoms with van der Waals surface area (Å²) < 4.78 is 10.9. The summed E-state index contributed by atoms with van der Waals surface area (Å²) in [6, 6.07) is 5.27. The Hall–Kier alpha value is -3.01. The van der Waals surface area contributed by atoms with E-state index in [1.54, 1.807) is 25.3 Å². The largest absolute Gasteiger partial charge is 0.493 e. The van der Waals surface area contributed by atoms with Crippen molar-refractivity contribution in [2.75, 3.05) is 30.5 Å². The summed E-state index contributed by atoms with van der Waals surface area (Å²) in [4.78, 5) is 27.5. The molecule has 0 aliphatic heterocycles. The first-order valence-corrected chi connectivity index (χ1v) is 9.29. The van der Waals surface area contributed by atoms with Crippen molar-refractivity contribution in [3.8, 4) is 11.5 Å². The number of fused-ring (bicyclic) bond motifs is 1. The van der Waals surface area contributed by atoms with Gasteiger partial charge in [0.1, 0.15) is 10.5 Å². The molecule has 0 radical (unpaired) electrons. The van der Waals surface area contributed by atoms with Gasteiger partial charge in [0.15, 0.2) is 17.1 Å². The lowest BCUT2D eigenvalue weighted by Gasteiger charge is -2.12. The summed E-state index contributed by atoms with van der Waals surface area (Å²) in [7, 11) is 1.56. The molecule has 0 unspecified atom stereocenters. The number of methoxy groups -OCH3 is 1. The zero-order chi connectivity index (χ0) is 19.2. The molecule has 0 aliphatic rings. The van der Waals surface area contributed by atoms with Crippen molar-refractivity contribution in [2.24, 2.45) is 0 Å². The lowest BCUT2D eigenvalue weighted by Crippen LogP contribution is -2.14. The molecule has 27 heavy (non-hydrogen) atoms. The van der Waals surface area contributed by atoms with E-state index in [-0.39, 0.29) is 17.6 Å². The highest BCUT2D eigenvalue weighted by molar-refractivity contribution is 8.00. The normalized spacial score (nSPS) is 10.7. The predicted molar refractivity (Wildman–Crippen MR) is 104 cm³/mol. The molecule has 0 saturated heterocycles. The summed E-state index contributed by atoms with van der Waals surface area (Å²) >= 11 is 1.25. The molecule has 9 nitrogen and oxygen atoms in total. The number of hydrogen-bond donors (Lipinski definition) is 3. The SMILES string of the molecule is CCCOc1ccc(NC(=O)CSc2nc(N)nc3nc[nH]c23)cc1OC. The number of nitrogens with one attached hydrogen (secondary N) is 2. The fourth-order valence-corrected chi connectivity index (χ4v) is 3.13. The Bertz CT molecular complexity index is 946. The molecular formula is C17H20N6O3S. The summed E-state index contributed by atoms with van der Waals surface area (Å²) in [6.45, 7) is 2.63. The van der Waals surface area contributed by atoms with Crippen LogP contribution in [0.2, 0.25) is 0 Å². The Balaban J connectivity index is 1.64. The minimum atomic E-state index is -0.186. The molecule has 1 amide bonds. The van der Waals surface area contributed by atoms with Gasteiger partial charge in [-0.05, 0) is 18.6 Å². The number of carbonyl (C=O) groups is 1. The zero-order valence-corrected chi connectivity index (χ0v) is 15.8. The fraction of sp³-hybridized carbons (Fsp3) is 0.294. The molecule has 0 spiro atoms. The smallest absolute Gasteiger partial charge is 0.234 e. The van der Waals surface area contributed by atoms with Gasteiger partial charge in [-0.1, -0.05) is 18.7 Å². The number of rotatable bonds is 8. The summed E-state index contributed by atoms with van der Waals surface area (Å²) in [5, 5.41) is 3.41. The second kappa shape index (κ2) is 8.58. The number of aromatic nitrogens is 4. The van der Waals surface area contributed by atoms with E-state index >= 15 is 0 Å². The van der Waals surface area contributed by atoms with Gasteiger partial charge in [0.05, 0.1) is 25.8 Å². The number of carbonyl (C=O) groups excluding carboxylic acids is 1. The minimum absolute atomic E-state index is 0.116. The number of aromatic amines is 1. The number of nitrogen functional groups attached to an aromatic ring is 1. The molecule has 0 saturated carbocycles. The number of imidazole rings is 1. The Morgan fingerprint density at radius 2 is 2.19 bits per heavy atom. The van der Waals surface area contributed by atoms with Gasteiger partial charge in [0.2, 0.25) is 11.9 Å².